The zero-order chi connectivity index (χ0) is 17.8. The fourth-order valence-corrected chi connectivity index (χ4v) is 2.93. The van der Waals surface area contributed by atoms with E-state index in [9.17, 15) is 9.18 Å². The first kappa shape index (κ1) is 17.7. The molecular weight excluding hydrogens is 388 g/mol. The highest BCUT2D eigenvalue weighted by atomic mass is 35.5. The van der Waals surface area contributed by atoms with Crippen LogP contribution in [0.4, 0.5) is 10.1 Å². The highest BCUT2D eigenvalue weighted by Gasteiger charge is 2.12. The number of aromatic nitrogens is 2. The number of benzene rings is 2. The summed E-state index contributed by atoms with van der Waals surface area (Å²) in [5.74, 6) is -0.462. The molecule has 0 radical (unpaired) electrons. The Morgan fingerprint density at radius 3 is 2.80 bits per heavy atom. The Balaban J connectivity index is 1.59. The topological polar surface area (TPSA) is 68.0 Å². The highest BCUT2D eigenvalue weighted by molar-refractivity contribution is 7.99. The number of hydrogen-bond acceptors (Lipinski definition) is 5. The molecule has 1 amide bonds. The Morgan fingerprint density at radius 1 is 1.20 bits per heavy atom. The van der Waals surface area contributed by atoms with Gasteiger partial charge in [-0.25, -0.2) is 4.39 Å². The van der Waals surface area contributed by atoms with Crippen LogP contribution < -0.4 is 5.32 Å². The van der Waals surface area contributed by atoms with E-state index in [0.29, 0.717) is 21.3 Å². The third-order valence-corrected chi connectivity index (χ3v) is 4.38. The van der Waals surface area contributed by atoms with Crippen LogP contribution in [0, 0.1) is 5.82 Å². The second kappa shape index (κ2) is 7.86. The molecule has 0 aliphatic carbocycles. The molecule has 1 heterocycles. The van der Waals surface area contributed by atoms with Crippen LogP contribution in [-0.2, 0) is 4.79 Å². The van der Waals surface area contributed by atoms with Gasteiger partial charge in [0.2, 0.25) is 11.8 Å². The molecule has 0 spiro atoms. The SMILES string of the molecule is O=C(CSc1nnc(-c2cccc(F)c2)o1)Nc1ccc(Cl)cc1Cl. The summed E-state index contributed by atoms with van der Waals surface area (Å²) in [5.41, 5.74) is 0.930. The molecule has 0 unspecified atom stereocenters. The number of rotatable bonds is 5. The van der Waals surface area contributed by atoms with Gasteiger partial charge in [-0.15, -0.1) is 10.2 Å². The number of halogens is 3. The third kappa shape index (κ3) is 4.72. The average molecular weight is 398 g/mol. The molecule has 0 saturated carbocycles. The lowest BCUT2D eigenvalue weighted by molar-refractivity contribution is -0.113. The lowest BCUT2D eigenvalue weighted by Crippen LogP contribution is -2.14. The summed E-state index contributed by atoms with van der Waals surface area (Å²) >= 11 is 12.9. The summed E-state index contributed by atoms with van der Waals surface area (Å²) in [6.45, 7) is 0. The quantitative estimate of drug-likeness (QED) is 0.619. The number of nitrogens with zero attached hydrogens (tertiary/aromatic N) is 2. The number of nitrogens with one attached hydrogen (secondary N) is 1. The minimum absolute atomic E-state index is 0.0454. The van der Waals surface area contributed by atoms with Crippen molar-refractivity contribution in [3.8, 4) is 11.5 Å². The van der Waals surface area contributed by atoms with Gasteiger partial charge in [-0.1, -0.05) is 41.0 Å². The largest absolute Gasteiger partial charge is 0.411 e. The number of carbonyl (C=O) groups excluding carboxylic acids is 1. The number of hydrogen-bond donors (Lipinski definition) is 1. The molecule has 3 aromatic rings. The maximum atomic E-state index is 13.2. The van der Waals surface area contributed by atoms with Gasteiger partial charge in [0.25, 0.3) is 5.22 Å². The van der Waals surface area contributed by atoms with Crippen LogP contribution in [0.25, 0.3) is 11.5 Å². The molecule has 3 rings (SSSR count). The van der Waals surface area contributed by atoms with Gasteiger partial charge in [-0.05, 0) is 36.4 Å². The van der Waals surface area contributed by atoms with Crippen molar-refractivity contribution in [3.05, 3.63) is 58.3 Å². The molecular formula is C16H10Cl2FN3O2S. The Labute approximate surface area is 156 Å². The smallest absolute Gasteiger partial charge is 0.277 e. The minimum Gasteiger partial charge on any atom is -0.411 e. The molecule has 2 aromatic carbocycles. The first-order valence-electron chi connectivity index (χ1n) is 6.98. The van der Waals surface area contributed by atoms with E-state index < -0.39 is 5.82 Å². The van der Waals surface area contributed by atoms with Gasteiger partial charge in [-0.3, -0.25) is 4.79 Å². The Morgan fingerprint density at radius 2 is 2.04 bits per heavy atom. The van der Waals surface area contributed by atoms with E-state index in [1.807, 2.05) is 0 Å². The van der Waals surface area contributed by atoms with Gasteiger partial charge in [0.15, 0.2) is 0 Å². The molecule has 25 heavy (non-hydrogen) atoms. The van der Waals surface area contributed by atoms with Crippen LogP contribution in [0.15, 0.2) is 52.1 Å². The van der Waals surface area contributed by atoms with E-state index in [-0.39, 0.29) is 22.8 Å². The Hall–Kier alpha value is -2.09. The summed E-state index contributed by atoms with van der Waals surface area (Å²) in [4.78, 5) is 12.0. The normalized spacial score (nSPS) is 10.7. The van der Waals surface area contributed by atoms with Gasteiger partial charge in [0.1, 0.15) is 5.82 Å². The van der Waals surface area contributed by atoms with Crippen molar-refractivity contribution in [2.75, 3.05) is 11.1 Å². The van der Waals surface area contributed by atoms with Crippen molar-refractivity contribution >= 4 is 46.6 Å². The zero-order valence-electron chi connectivity index (χ0n) is 12.5. The Kier molecular flexibility index (Phi) is 5.57. The van der Waals surface area contributed by atoms with Crippen LogP contribution >= 0.6 is 35.0 Å². The van der Waals surface area contributed by atoms with E-state index in [4.69, 9.17) is 27.6 Å². The first-order valence-corrected chi connectivity index (χ1v) is 8.72. The summed E-state index contributed by atoms with van der Waals surface area (Å²) < 4.78 is 18.6. The van der Waals surface area contributed by atoms with Gasteiger partial charge in [-0.2, -0.15) is 0 Å². The molecule has 128 valence electrons. The molecule has 1 N–H and O–H groups in total. The van der Waals surface area contributed by atoms with Crippen LogP contribution in [-0.4, -0.2) is 21.9 Å². The van der Waals surface area contributed by atoms with Gasteiger partial charge < -0.3 is 9.73 Å². The van der Waals surface area contributed by atoms with Crippen LogP contribution in [0.5, 0.6) is 0 Å². The zero-order valence-corrected chi connectivity index (χ0v) is 14.8. The lowest BCUT2D eigenvalue weighted by atomic mass is 10.2. The molecule has 0 saturated heterocycles. The van der Waals surface area contributed by atoms with Crippen molar-refractivity contribution in [2.24, 2.45) is 0 Å². The summed E-state index contributed by atoms with van der Waals surface area (Å²) in [6, 6.07) is 10.6. The molecule has 0 fully saturated rings. The van der Waals surface area contributed by atoms with Gasteiger partial charge in [0, 0.05) is 10.6 Å². The second-order valence-electron chi connectivity index (χ2n) is 4.84. The molecule has 0 aliphatic rings. The summed E-state index contributed by atoms with van der Waals surface area (Å²) in [7, 11) is 0. The van der Waals surface area contributed by atoms with Crippen molar-refractivity contribution < 1.29 is 13.6 Å². The van der Waals surface area contributed by atoms with E-state index in [1.165, 1.54) is 18.2 Å². The fraction of sp³-hybridized carbons (Fsp3) is 0.0625. The standard InChI is InChI=1S/C16H10Cl2FN3O2S/c17-10-4-5-13(12(18)7-10)20-14(23)8-25-16-22-21-15(24-16)9-2-1-3-11(19)6-9/h1-7H,8H2,(H,20,23). The van der Waals surface area contributed by atoms with Crippen molar-refractivity contribution in [3.63, 3.8) is 0 Å². The number of thioether (sulfide) groups is 1. The molecule has 0 atom stereocenters. The van der Waals surface area contributed by atoms with E-state index in [1.54, 1.807) is 24.3 Å². The van der Waals surface area contributed by atoms with Crippen molar-refractivity contribution in [1.82, 2.24) is 10.2 Å². The maximum absolute atomic E-state index is 13.2. The fourth-order valence-electron chi connectivity index (χ4n) is 1.91. The van der Waals surface area contributed by atoms with Gasteiger partial charge in [0.05, 0.1) is 16.5 Å². The highest BCUT2D eigenvalue weighted by Crippen LogP contribution is 2.26. The number of anilines is 1. The van der Waals surface area contributed by atoms with Crippen LogP contribution in [0.2, 0.25) is 10.0 Å². The summed E-state index contributed by atoms with van der Waals surface area (Å²) in [5, 5.41) is 11.4. The maximum Gasteiger partial charge on any atom is 0.277 e. The monoisotopic (exact) mass is 397 g/mol. The molecule has 1 aromatic heterocycles. The second-order valence-corrected chi connectivity index (χ2v) is 6.61. The van der Waals surface area contributed by atoms with E-state index in [2.05, 4.69) is 15.5 Å². The molecule has 9 heteroatoms. The van der Waals surface area contributed by atoms with Crippen LogP contribution in [0.3, 0.4) is 0 Å². The minimum atomic E-state index is -0.399. The average Bonchev–Trinajstić information content (AvgIpc) is 3.05. The first-order chi connectivity index (χ1) is 12.0. The Bertz CT molecular complexity index is 920. The molecule has 0 bridgehead atoms. The predicted octanol–water partition coefficient (Wildman–Crippen LogP) is 4.91. The van der Waals surface area contributed by atoms with Gasteiger partial charge >= 0.3 is 0 Å². The third-order valence-electron chi connectivity index (χ3n) is 3.01. The van der Waals surface area contributed by atoms with Crippen molar-refractivity contribution in [2.45, 2.75) is 5.22 Å². The predicted molar refractivity (Wildman–Crippen MR) is 95.5 cm³/mol. The van der Waals surface area contributed by atoms with Crippen molar-refractivity contribution in [1.29, 1.82) is 0 Å². The lowest BCUT2D eigenvalue weighted by Gasteiger charge is -2.06. The summed E-state index contributed by atoms with van der Waals surface area (Å²) in [6.07, 6.45) is 0. The molecule has 0 aliphatic heterocycles. The van der Waals surface area contributed by atoms with E-state index >= 15 is 0 Å². The number of amides is 1. The van der Waals surface area contributed by atoms with Crippen LogP contribution in [0.1, 0.15) is 0 Å². The number of carbonyl (C=O) groups is 1. The molecule has 5 nitrogen and oxygen atoms in total. The van der Waals surface area contributed by atoms with E-state index in [0.717, 1.165) is 11.8 Å².